The Morgan fingerprint density at radius 3 is 2.55 bits per heavy atom. The largest absolute Gasteiger partial charge is 0.482 e. The number of amides is 2. The monoisotopic (exact) mass is 472 g/mol. The first kappa shape index (κ1) is 21.2. The minimum Gasteiger partial charge on any atom is -0.482 e. The van der Waals surface area contributed by atoms with Crippen molar-refractivity contribution in [3.8, 4) is 5.75 Å². The van der Waals surface area contributed by atoms with Gasteiger partial charge in [-0.1, -0.05) is 59.1 Å². The molecular weight excluding hydrogens is 459 g/mol. The summed E-state index contributed by atoms with van der Waals surface area (Å²) in [5.41, 5.74) is 3.41. The van der Waals surface area contributed by atoms with Crippen LogP contribution in [0.3, 0.4) is 0 Å². The van der Waals surface area contributed by atoms with Crippen molar-refractivity contribution in [2.45, 2.75) is 0 Å². The Morgan fingerprint density at radius 1 is 0.968 bits per heavy atom. The molecule has 0 fully saturated rings. The third-order valence-corrected chi connectivity index (χ3v) is 5.57. The summed E-state index contributed by atoms with van der Waals surface area (Å²) in [6.45, 7) is -0.240. The molecule has 3 aromatic rings. The summed E-state index contributed by atoms with van der Waals surface area (Å²) in [6, 6.07) is 17.3. The van der Waals surface area contributed by atoms with E-state index in [2.05, 4.69) is 10.6 Å². The molecule has 0 aliphatic carbocycles. The molecule has 1 heterocycles. The van der Waals surface area contributed by atoms with Crippen LogP contribution in [0.25, 0.3) is 11.6 Å². The molecule has 0 saturated carbocycles. The fourth-order valence-corrected chi connectivity index (χ4v) is 3.63. The predicted molar refractivity (Wildman–Crippen MR) is 125 cm³/mol. The molecule has 0 radical (unpaired) electrons. The fourth-order valence-electron chi connectivity index (χ4n) is 3.09. The number of halogens is 3. The van der Waals surface area contributed by atoms with Crippen LogP contribution in [0.4, 0.5) is 11.4 Å². The first-order chi connectivity index (χ1) is 14.9. The van der Waals surface area contributed by atoms with Gasteiger partial charge in [-0.25, -0.2) is 0 Å². The van der Waals surface area contributed by atoms with Crippen LogP contribution in [0.1, 0.15) is 11.1 Å². The number of hydrogen-bond donors (Lipinski definition) is 2. The van der Waals surface area contributed by atoms with E-state index in [-0.39, 0.29) is 18.4 Å². The third-order valence-electron chi connectivity index (χ3n) is 4.54. The van der Waals surface area contributed by atoms with Crippen molar-refractivity contribution in [2.24, 2.45) is 0 Å². The first-order valence-corrected chi connectivity index (χ1v) is 10.3. The molecule has 8 heteroatoms. The molecule has 0 aromatic heterocycles. The van der Waals surface area contributed by atoms with E-state index in [4.69, 9.17) is 39.5 Å². The van der Waals surface area contributed by atoms with Crippen LogP contribution in [0, 0.1) is 0 Å². The van der Waals surface area contributed by atoms with E-state index in [1.807, 2.05) is 24.3 Å². The highest BCUT2D eigenvalue weighted by Gasteiger charge is 2.23. The van der Waals surface area contributed by atoms with E-state index in [0.717, 1.165) is 16.8 Å². The van der Waals surface area contributed by atoms with Crippen LogP contribution in [0.2, 0.25) is 15.1 Å². The summed E-state index contributed by atoms with van der Waals surface area (Å²) >= 11 is 18.1. The molecule has 0 spiro atoms. The minimum absolute atomic E-state index is 0.170. The molecular formula is C23H15Cl3N2O3. The van der Waals surface area contributed by atoms with Gasteiger partial charge >= 0.3 is 0 Å². The molecule has 156 valence electrons. The number of rotatable bonds is 5. The van der Waals surface area contributed by atoms with Gasteiger partial charge in [-0.05, 0) is 48.0 Å². The number of ether oxygens (including phenoxy) is 1. The summed E-state index contributed by atoms with van der Waals surface area (Å²) in [5.74, 6) is -0.194. The Morgan fingerprint density at radius 2 is 1.77 bits per heavy atom. The fraction of sp³-hybridized carbons (Fsp3) is 0.0435. The lowest BCUT2D eigenvalue weighted by atomic mass is 10.0. The smallest absolute Gasteiger partial charge is 0.262 e. The zero-order valence-corrected chi connectivity index (χ0v) is 18.2. The van der Waals surface area contributed by atoms with Gasteiger partial charge in [0.2, 0.25) is 0 Å². The number of nitrogens with one attached hydrogen (secondary N) is 2. The van der Waals surface area contributed by atoms with Crippen LogP contribution in [-0.4, -0.2) is 18.4 Å². The first-order valence-electron chi connectivity index (χ1n) is 9.20. The maximum Gasteiger partial charge on any atom is 0.262 e. The normalized spacial score (nSPS) is 13.6. The van der Waals surface area contributed by atoms with Crippen molar-refractivity contribution in [3.05, 3.63) is 86.9 Å². The minimum atomic E-state index is -0.375. The topological polar surface area (TPSA) is 67.4 Å². The van der Waals surface area contributed by atoms with Gasteiger partial charge in [-0.3, -0.25) is 9.59 Å². The average molecular weight is 474 g/mol. The van der Waals surface area contributed by atoms with E-state index in [0.29, 0.717) is 32.1 Å². The highest BCUT2D eigenvalue weighted by molar-refractivity contribution is 6.42. The Kier molecular flexibility index (Phi) is 6.18. The van der Waals surface area contributed by atoms with Crippen LogP contribution in [-0.2, 0) is 9.59 Å². The Labute approximate surface area is 193 Å². The van der Waals surface area contributed by atoms with E-state index in [1.54, 1.807) is 42.5 Å². The van der Waals surface area contributed by atoms with Crippen molar-refractivity contribution in [1.82, 2.24) is 0 Å². The summed E-state index contributed by atoms with van der Waals surface area (Å²) < 4.78 is 5.52. The molecule has 0 saturated heterocycles. The summed E-state index contributed by atoms with van der Waals surface area (Å²) in [7, 11) is 0. The summed E-state index contributed by atoms with van der Waals surface area (Å²) in [5, 5.41) is 6.56. The number of carbonyl (C=O) groups is 2. The molecule has 2 amide bonds. The Hall–Kier alpha value is -2.99. The molecule has 5 nitrogen and oxygen atoms in total. The van der Waals surface area contributed by atoms with Gasteiger partial charge in [-0.2, -0.15) is 0 Å². The molecule has 3 aromatic carbocycles. The van der Waals surface area contributed by atoms with Gasteiger partial charge < -0.3 is 15.4 Å². The third kappa shape index (κ3) is 4.85. The van der Waals surface area contributed by atoms with Crippen molar-refractivity contribution in [2.75, 3.05) is 17.2 Å². The average Bonchev–Trinajstić information content (AvgIpc) is 3.05. The quantitative estimate of drug-likeness (QED) is 0.436. The maximum absolute atomic E-state index is 12.3. The van der Waals surface area contributed by atoms with E-state index in [1.165, 1.54) is 0 Å². The lowest BCUT2D eigenvalue weighted by Crippen LogP contribution is -2.20. The molecule has 2 N–H and O–H groups in total. The number of para-hydroxylation sites is 1. The zero-order valence-electron chi connectivity index (χ0n) is 15.9. The summed E-state index contributed by atoms with van der Waals surface area (Å²) in [4.78, 5) is 24.4. The lowest BCUT2D eigenvalue weighted by Gasteiger charge is -2.10. The van der Waals surface area contributed by atoms with Gasteiger partial charge in [0.1, 0.15) is 5.75 Å². The zero-order chi connectivity index (χ0) is 22.0. The second-order valence-electron chi connectivity index (χ2n) is 6.71. The molecule has 4 rings (SSSR count). The highest BCUT2D eigenvalue weighted by atomic mass is 35.5. The Balaban J connectivity index is 1.43. The highest BCUT2D eigenvalue weighted by Crippen LogP contribution is 2.34. The van der Waals surface area contributed by atoms with Crippen molar-refractivity contribution in [3.63, 3.8) is 0 Å². The standard InChI is InChI=1S/C23H15Cl3N2O3/c24-17-7-6-14(11-18(17)25)27-22(29)12-31-21-8-5-13(10-19(21)26)9-16-15-3-1-2-4-20(15)28-23(16)30/h1-11H,12H2,(H,27,29)(H,28,30)/b16-9-. The van der Waals surface area contributed by atoms with E-state index < -0.39 is 0 Å². The van der Waals surface area contributed by atoms with Gasteiger partial charge in [0.25, 0.3) is 11.8 Å². The molecule has 0 atom stereocenters. The Bertz CT molecular complexity index is 1220. The number of benzene rings is 3. The van der Waals surface area contributed by atoms with Crippen molar-refractivity contribution >= 4 is 69.6 Å². The molecule has 0 bridgehead atoms. The number of hydrogen-bond acceptors (Lipinski definition) is 3. The van der Waals surface area contributed by atoms with Crippen LogP contribution < -0.4 is 15.4 Å². The van der Waals surface area contributed by atoms with Crippen LogP contribution in [0.15, 0.2) is 60.7 Å². The molecule has 1 aliphatic rings. The van der Waals surface area contributed by atoms with Crippen LogP contribution >= 0.6 is 34.8 Å². The van der Waals surface area contributed by atoms with E-state index >= 15 is 0 Å². The van der Waals surface area contributed by atoms with Gasteiger partial charge in [0, 0.05) is 22.5 Å². The van der Waals surface area contributed by atoms with Gasteiger partial charge in [0.05, 0.1) is 15.1 Å². The van der Waals surface area contributed by atoms with Crippen LogP contribution in [0.5, 0.6) is 5.75 Å². The predicted octanol–water partition coefficient (Wildman–Crippen LogP) is 6.16. The van der Waals surface area contributed by atoms with Crippen molar-refractivity contribution in [1.29, 1.82) is 0 Å². The molecule has 31 heavy (non-hydrogen) atoms. The van der Waals surface area contributed by atoms with Gasteiger partial charge in [0.15, 0.2) is 6.61 Å². The van der Waals surface area contributed by atoms with E-state index in [9.17, 15) is 9.59 Å². The second kappa shape index (κ2) is 9.02. The molecule has 0 unspecified atom stereocenters. The lowest BCUT2D eigenvalue weighted by molar-refractivity contribution is -0.118. The second-order valence-corrected chi connectivity index (χ2v) is 7.93. The summed E-state index contributed by atoms with van der Waals surface area (Å²) in [6.07, 6.45) is 1.76. The van der Waals surface area contributed by atoms with Crippen molar-refractivity contribution < 1.29 is 14.3 Å². The number of anilines is 2. The van der Waals surface area contributed by atoms with Gasteiger partial charge in [-0.15, -0.1) is 0 Å². The number of fused-ring (bicyclic) bond motifs is 1. The molecule has 1 aliphatic heterocycles. The SMILES string of the molecule is O=C(COc1ccc(/C=C2\C(=O)Nc3ccccc32)cc1Cl)Nc1ccc(Cl)c(Cl)c1. The maximum atomic E-state index is 12.3. The number of carbonyl (C=O) groups excluding carboxylic acids is 2.